The molecule has 0 saturated heterocycles. The van der Waals surface area contributed by atoms with Crippen LogP contribution in [0.1, 0.15) is 34.8 Å². The summed E-state index contributed by atoms with van der Waals surface area (Å²) in [6.45, 7) is 3.09. The molecule has 0 fully saturated rings. The molecule has 0 aliphatic carbocycles. The molecule has 12 heteroatoms. The number of amides is 1. The molecular formula is C27H25F3N8O. The predicted octanol–water partition coefficient (Wildman–Crippen LogP) is 5.35. The SMILES string of the molecule is CCCn1c(-n2cccn2)nc2c(NC(=O)c3cccc(C(F)(F)F)c3)nc(NCCc3ccccc3)nc21. The monoisotopic (exact) mass is 534 g/mol. The number of hydrogen-bond donors (Lipinski definition) is 2. The van der Waals surface area contributed by atoms with Gasteiger partial charge in [-0.25, -0.2) is 9.67 Å². The van der Waals surface area contributed by atoms with E-state index in [0.29, 0.717) is 36.6 Å². The fourth-order valence-electron chi connectivity index (χ4n) is 4.13. The number of fused-ring (bicyclic) bond motifs is 1. The van der Waals surface area contributed by atoms with Crippen LogP contribution in [-0.2, 0) is 19.1 Å². The van der Waals surface area contributed by atoms with Crippen LogP contribution >= 0.6 is 0 Å². The van der Waals surface area contributed by atoms with E-state index >= 15 is 0 Å². The highest BCUT2D eigenvalue weighted by atomic mass is 19.4. The second-order valence-electron chi connectivity index (χ2n) is 8.78. The summed E-state index contributed by atoms with van der Waals surface area (Å²) in [5.41, 5.74) is 0.804. The quantitative estimate of drug-likeness (QED) is 0.264. The van der Waals surface area contributed by atoms with Crippen LogP contribution in [0.5, 0.6) is 0 Å². The third-order valence-corrected chi connectivity index (χ3v) is 5.95. The number of carbonyl (C=O) groups is 1. The molecule has 5 aromatic rings. The molecule has 0 aliphatic heterocycles. The number of aryl methyl sites for hydroxylation is 1. The summed E-state index contributed by atoms with van der Waals surface area (Å²) in [7, 11) is 0. The Kier molecular flexibility index (Phi) is 7.26. The van der Waals surface area contributed by atoms with Gasteiger partial charge in [0.25, 0.3) is 5.91 Å². The lowest BCUT2D eigenvalue weighted by molar-refractivity contribution is -0.137. The first-order valence-corrected chi connectivity index (χ1v) is 12.4. The minimum absolute atomic E-state index is 0.0767. The smallest absolute Gasteiger partial charge is 0.354 e. The van der Waals surface area contributed by atoms with Crippen LogP contribution in [0.15, 0.2) is 73.1 Å². The maximum absolute atomic E-state index is 13.2. The van der Waals surface area contributed by atoms with E-state index in [1.165, 1.54) is 12.1 Å². The first-order chi connectivity index (χ1) is 18.8. The third kappa shape index (κ3) is 5.74. The van der Waals surface area contributed by atoms with E-state index in [1.807, 2.05) is 41.8 Å². The van der Waals surface area contributed by atoms with Crippen molar-refractivity contribution >= 4 is 28.8 Å². The maximum Gasteiger partial charge on any atom is 0.416 e. The Hall–Kier alpha value is -4.74. The number of nitrogens with zero attached hydrogens (tertiary/aromatic N) is 6. The van der Waals surface area contributed by atoms with Crippen LogP contribution in [0.3, 0.4) is 0 Å². The largest absolute Gasteiger partial charge is 0.416 e. The van der Waals surface area contributed by atoms with Crippen molar-refractivity contribution in [3.05, 3.63) is 89.7 Å². The lowest BCUT2D eigenvalue weighted by atomic mass is 10.1. The van der Waals surface area contributed by atoms with Gasteiger partial charge in [0.15, 0.2) is 17.0 Å². The van der Waals surface area contributed by atoms with Crippen molar-refractivity contribution in [3.8, 4) is 5.95 Å². The van der Waals surface area contributed by atoms with Crippen LogP contribution in [0.2, 0.25) is 0 Å². The first kappa shape index (κ1) is 25.9. The molecule has 200 valence electrons. The highest BCUT2D eigenvalue weighted by molar-refractivity contribution is 6.07. The molecule has 3 aromatic heterocycles. The molecule has 3 heterocycles. The molecule has 2 N–H and O–H groups in total. The van der Waals surface area contributed by atoms with Crippen LogP contribution in [0, 0.1) is 0 Å². The lowest BCUT2D eigenvalue weighted by Crippen LogP contribution is -2.17. The zero-order chi connectivity index (χ0) is 27.4. The Morgan fingerprint density at radius 3 is 2.54 bits per heavy atom. The van der Waals surface area contributed by atoms with Gasteiger partial charge in [-0.05, 0) is 42.7 Å². The van der Waals surface area contributed by atoms with E-state index in [0.717, 1.165) is 24.1 Å². The number of imidazole rings is 1. The van der Waals surface area contributed by atoms with E-state index in [2.05, 4.69) is 30.7 Å². The maximum atomic E-state index is 13.2. The number of halogens is 3. The van der Waals surface area contributed by atoms with Gasteiger partial charge in [-0.2, -0.15) is 28.2 Å². The molecule has 5 rings (SSSR count). The molecular weight excluding hydrogens is 509 g/mol. The van der Waals surface area contributed by atoms with Gasteiger partial charge in [-0.3, -0.25) is 9.36 Å². The Morgan fingerprint density at radius 2 is 1.82 bits per heavy atom. The topological polar surface area (TPSA) is 103 Å². The summed E-state index contributed by atoms with van der Waals surface area (Å²) in [5.74, 6) is 0.0547. The van der Waals surface area contributed by atoms with Gasteiger partial charge in [-0.15, -0.1) is 0 Å². The minimum atomic E-state index is -4.58. The van der Waals surface area contributed by atoms with Crippen LogP contribution in [0.4, 0.5) is 24.9 Å². The molecule has 1 amide bonds. The molecule has 0 unspecified atom stereocenters. The van der Waals surface area contributed by atoms with Gasteiger partial charge in [0, 0.05) is 31.0 Å². The molecule has 9 nitrogen and oxygen atoms in total. The summed E-state index contributed by atoms with van der Waals surface area (Å²) in [6, 6.07) is 15.9. The van der Waals surface area contributed by atoms with Crippen LogP contribution in [0.25, 0.3) is 17.1 Å². The summed E-state index contributed by atoms with van der Waals surface area (Å²) < 4.78 is 43.1. The number of anilines is 2. The average molecular weight is 535 g/mol. The average Bonchev–Trinajstić information content (AvgIpc) is 3.58. The molecule has 0 atom stereocenters. The zero-order valence-corrected chi connectivity index (χ0v) is 21.0. The minimum Gasteiger partial charge on any atom is -0.354 e. The fourth-order valence-corrected chi connectivity index (χ4v) is 4.13. The van der Waals surface area contributed by atoms with Gasteiger partial charge in [-0.1, -0.05) is 43.3 Å². The van der Waals surface area contributed by atoms with E-state index in [4.69, 9.17) is 0 Å². The molecule has 2 aromatic carbocycles. The lowest BCUT2D eigenvalue weighted by Gasteiger charge is -2.11. The highest BCUT2D eigenvalue weighted by Gasteiger charge is 2.31. The molecule has 0 radical (unpaired) electrons. The molecule has 0 saturated carbocycles. The van der Waals surface area contributed by atoms with Crippen molar-refractivity contribution in [1.82, 2.24) is 29.3 Å². The van der Waals surface area contributed by atoms with E-state index in [9.17, 15) is 18.0 Å². The Bertz CT molecular complexity index is 1580. The van der Waals surface area contributed by atoms with Gasteiger partial charge in [0.1, 0.15) is 0 Å². The summed E-state index contributed by atoms with van der Waals surface area (Å²) in [4.78, 5) is 26.9. The van der Waals surface area contributed by atoms with Gasteiger partial charge < -0.3 is 10.6 Å². The van der Waals surface area contributed by atoms with Gasteiger partial charge in [0.05, 0.1) is 5.56 Å². The summed E-state index contributed by atoms with van der Waals surface area (Å²) >= 11 is 0. The number of rotatable bonds is 9. The van der Waals surface area contributed by atoms with Crippen molar-refractivity contribution in [2.75, 3.05) is 17.2 Å². The van der Waals surface area contributed by atoms with E-state index in [-0.39, 0.29) is 17.3 Å². The molecule has 0 bridgehead atoms. The Labute approximate surface area is 221 Å². The van der Waals surface area contributed by atoms with Crippen molar-refractivity contribution in [3.63, 3.8) is 0 Å². The molecule has 0 aliphatic rings. The number of alkyl halides is 3. The second-order valence-corrected chi connectivity index (χ2v) is 8.78. The van der Waals surface area contributed by atoms with Crippen LogP contribution < -0.4 is 10.6 Å². The standard InChI is InChI=1S/C27H25F3N8O/c1-2-15-37-23-21(33-26(37)38-16-7-13-32-38)22(34-24(39)19-10-6-11-20(17-19)27(28,29)30)35-25(36-23)31-14-12-18-8-4-3-5-9-18/h3-11,13,16-17H,2,12,14-15H2,1H3,(H2,31,34,35,36,39). The summed E-state index contributed by atoms with van der Waals surface area (Å²) in [5, 5.41) is 10.1. The number of benzene rings is 2. The normalized spacial score (nSPS) is 11.6. The molecule has 39 heavy (non-hydrogen) atoms. The Balaban J connectivity index is 1.53. The molecule has 0 spiro atoms. The number of carbonyl (C=O) groups excluding carboxylic acids is 1. The Morgan fingerprint density at radius 1 is 1.00 bits per heavy atom. The number of aromatic nitrogens is 6. The van der Waals surface area contributed by atoms with Crippen LogP contribution in [-0.4, -0.2) is 41.8 Å². The fraction of sp³-hybridized carbons (Fsp3) is 0.222. The third-order valence-electron chi connectivity index (χ3n) is 5.95. The highest BCUT2D eigenvalue weighted by Crippen LogP contribution is 2.30. The van der Waals surface area contributed by atoms with Crippen molar-refractivity contribution in [2.24, 2.45) is 0 Å². The van der Waals surface area contributed by atoms with Gasteiger partial charge >= 0.3 is 6.18 Å². The van der Waals surface area contributed by atoms with E-state index in [1.54, 1.807) is 23.1 Å². The summed E-state index contributed by atoms with van der Waals surface area (Å²) in [6.07, 6.45) is 0.258. The van der Waals surface area contributed by atoms with Crippen molar-refractivity contribution < 1.29 is 18.0 Å². The van der Waals surface area contributed by atoms with Crippen molar-refractivity contribution in [1.29, 1.82) is 0 Å². The van der Waals surface area contributed by atoms with Gasteiger partial charge in [0.2, 0.25) is 11.9 Å². The predicted molar refractivity (Wildman–Crippen MR) is 141 cm³/mol. The first-order valence-electron chi connectivity index (χ1n) is 12.4. The van der Waals surface area contributed by atoms with E-state index < -0.39 is 17.6 Å². The van der Waals surface area contributed by atoms with Crippen molar-refractivity contribution in [2.45, 2.75) is 32.5 Å². The number of nitrogens with one attached hydrogen (secondary N) is 2. The number of hydrogen-bond acceptors (Lipinski definition) is 6. The zero-order valence-electron chi connectivity index (χ0n) is 21.0. The second kappa shape index (κ2) is 10.9.